The Bertz CT molecular complexity index is 1160. The van der Waals surface area contributed by atoms with Crippen LogP contribution in [0.2, 0.25) is 0 Å². The monoisotopic (exact) mass is 556 g/mol. The van der Waals surface area contributed by atoms with Crippen LogP contribution in [0.15, 0.2) is 22.3 Å². The van der Waals surface area contributed by atoms with E-state index in [-0.39, 0.29) is 11.8 Å². The summed E-state index contributed by atoms with van der Waals surface area (Å²) in [5.41, 5.74) is -0.986. The zero-order valence-corrected chi connectivity index (χ0v) is 24.4. The van der Waals surface area contributed by atoms with E-state index in [2.05, 4.69) is 23.6 Å². The molecule has 4 unspecified atom stereocenters. The van der Waals surface area contributed by atoms with E-state index in [0.29, 0.717) is 35.1 Å². The Balaban J connectivity index is 1.60. The molecule has 2 saturated heterocycles. The summed E-state index contributed by atoms with van der Waals surface area (Å²) in [4.78, 5) is 58.4. The highest BCUT2D eigenvalue weighted by Crippen LogP contribution is 2.84. The Morgan fingerprint density at radius 3 is 1.15 bits per heavy atom. The number of methoxy groups -OCH3 is 4. The molecule has 6 rings (SSSR count). The number of esters is 4. The minimum Gasteiger partial charge on any atom is -0.466 e. The molecule has 0 aromatic carbocycles. The number of likely N-dealkylation sites (tertiary alicyclic amines) is 2. The van der Waals surface area contributed by atoms with Crippen molar-refractivity contribution in [2.75, 3.05) is 54.6 Å². The fraction of sp³-hybridized carbons (Fsp3) is 0.733. The molecule has 2 saturated carbocycles. The Labute approximate surface area is 235 Å². The van der Waals surface area contributed by atoms with Crippen LogP contribution in [0.1, 0.15) is 52.4 Å². The van der Waals surface area contributed by atoms with E-state index in [1.807, 2.05) is 0 Å². The van der Waals surface area contributed by atoms with E-state index >= 15 is 0 Å². The second-order valence-corrected chi connectivity index (χ2v) is 12.8. The van der Waals surface area contributed by atoms with E-state index in [1.54, 1.807) is 0 Å². The molecule has 6 atom stereocenters. The van der Waals surface area contributed by atoms with Crippen LogP contribution in [0, 0.1) is 22.7 Å². The highest BCUT2D eigenvalue weighted by atomic mass is 16.5. The van der Waals surface area contributed by atoms with Crippen molar-refractivity contribution in [3.05, 3.63) is 22.3 Å². The van der Waals surface area contributed by atoms with Gasteiger partial charge >= 0.3 is 23.9 Å². The van der Waals surface area contributed by atoms with Crippen LogP contribution in [0.4, 0.5) is 0 Å². The van der Waals surface area contributed by atoms with Crippen LogP contribution in [-0.4, -0.2) is 99.4 Å². The molecule has 0 N–H and O–H groups in total. The van der Waals surface area contributed by atoms with Crippen molar-refractivity contribution < 1.29 is 38.1 Å². The third-order valence-corrected chi connectivity index (χ3v) is 11.7. The molecule has 0 radical (unpaired) electrons. The predicted octanol–water partition coefficient (Wildman–Crippen LogP) is 2.02. The van der Waals surface area contributed by atoms with Gasteiger partial charge in [-0.1, -0.05) is 13.8 Å². The molecule has 0 bridgehead atoms. The first kappa shape index (κ1) is 27.4. The molecular weight excluding hydrogens is 516 g/mol. The molecule has 4 aliphatic carbocycles. The molecule has 4 fully saturated rings. The van der Waals surface area contributed by atoms with E-state index in [9.17, 15) is 19.2 Å². The lowest BCUT2D eigenvalue weighted by molar-refractivity contribution is -0.147. The summed E-state index contributed by atoms with van der Waals surface area (Å²) in [6.45, 7) is 7.62. The van der Waals surface area contributed by atoms with Gasteiger partial charge < -0.3 is 18.9 Å². The quantitative estimate of drug-likeness (QED) is 0.356. The number of rotatable bonds is 6. The van der Waals surface area contributed by atoms with Gasteiger partial charge in [-0.25, -0.2) is 19.2 Å². The molecule has 10 nitrogen and oxygen atoms in total. The number of carbonyl (C=O) groups excluding carboxylic acids is 4. The second-order valence-electron chi connectivity index (χ2n) is 12.8. The van der Waals surface area contributed by atoms with Crippen molar-refractivity contribution in [2.24, 2.45) is 22.7 Å². The minimum absolute atomic E-state index is 0.326. The van der Waals surface area contributed by atoms with Gasteiger partial charge in [0.1, 0.15) is 0 Å². The summed E-state index contributed by atoms with van der Waals surface area (Å²) in [7, 11) is 5.37. The van der Waals surface area contributed by atoms with Gasteiger partial charge in [0.15, 0.2) is 0 Å². The molecule has 40 heavy (non-hydrogen) atoms. The summed E-state index contributed by atoms with van der Waals surface area (Å²) < 4.78 is 21.1. The molecule has 0 aromatic heterocycles. The van der Waals surface area contributed by atoms with Crippen LogP contribution < -0.4 is 0 Å². The SMILES string of the molecule is COC(=O)C1=C(C(=O)OC)C2(N3CCCC3)C[C@@]3(C)C4C(C(=O)OC)=C(C(=O)OC)C4(N4CCCC4)C[C@@]3(C)C12. The zero-order valence-electron chi connectivity index (χ0n) is 24.4. The summed E-state index contributed by atoms with van der Waals surface area (Å²) in [5.74, 6) is -2.70. The van der Waals surface area contributed by atoms with Gasteiger partial charge in [-0.05, 0) is 75.5 Å². The highest BCUT2D eigenvalue weighted by molar-refractivity contribution is 6.09. The molecule has 2 aliphatic heterocycles. The zero-order chi connectivity index (χ0) is 28.8. The smallest absolute Gasteiger partial charge is 0.336 e. The molecule has 0 aromatic rings. The van der Waals surface area contributed by atoms with Crippen LogP contribution >= 0.6 is 0 Å². The van der Waals surface area contributed by atoms with Gasteiger partial charge in [0.2, 0.25) is 0 Å². The van der Waals surface area contributed by atoms with Gasteiger partial charge in [-0.15, -0.1) is 0 Å². The second kappa shape index (κ2) is 8.89. The molecule has 0 spiro atoms. The van der Waals surface area contributed by atoms with E-state index in [1.165, 1.54) is 28.4 Å². The summed E-state index contributed by atoms with van der Waals surface area (Å²) >= 11 is 0. The van der Waals surface area contributed by atoms with E-state index in [4.69, 9.17) is 18.9 Å². The number of hydrogen-bond donors (Lipinski definition) is 0. The number of fused-ring (bicyclic) bond motifs is 5. The number of nitrogens with zero attached hydrogens (tertiary/aromatic N) is 2. The Morgan fingerprint density at radius 1 is 0.575 bits per heavy atom. The van der Waals surface area contributed by atoms with Crippen LogP contribution in [0.5, 0.6) is 0 Å². The molecule has 0 amide bonds. The maximum Gasteiger partial charge on any atom is 0.336 e. The summed E-state index contributed by atoms with van der Waals surface area (Å²) in [5, 5.41) is 0. The van der Waals surface area contributed by atoms with Crippen LogP contribution in [-0.2, 0) is 38.1 Å². The van der Waals surface area contributed by atoms with Crippen molar-refractivity contribution in [3.63, 3.8) is 0 Å². The maximum atomic E-state index is 13.4. The van der Waals surface area contributed by atoms with Gasteiger partial charge in [0.25, 0.3) is 0 Å². The average Bonchev–Trinajstić information content (AvgIpc) is 3.70. The van der Waals surface area contributed by atoms with E-state index < -0.39 is 45.8 Å². The standard InChI is InChI=1S/C30H40N2O8/c1-27-15-29(31-11-7-8-12-31)20(26(36)40-6)18(24(34)38-4)22(29)28(27,2)16-30(32-13-9-10-14-32)19(25(35)39-5)17(21(27)30)23(33)37-3/h21-22H,7-16H2,1-6H3/t21?,22?,27-,28-,29?,30?/m0/s1. The van der Waals surface area contributed by atoms with Crippen molar-refractivity contribution >= 4 is 23.9 Å². The van der Waals surface area contributed by atoms with Crippen molar-refractivity contribution in [1.82, 2.24) is 9.80 Å². The molecule has 2 heterocycles. The fourth-order valence-electron chi connectivity index (χ4n) is 10.4. The van der Waals surface area contributed by atoms with Crippen molar-refractivity contribution in [2.45, 2.75) is 63.5 Å². The lowest BCUT2D eigenvalue weighted by atomic mass is 9.53. The lowest BCUT2D eigenvalue weighted by Gasteiger charge is -2.58. The van der Waals surface area contributed by atoms with Crippen molar-refractivity contribution in [3.8, 4) is 0 Å². The minimum atomic E-state index is -0.712. The lowest BCUT2D eigenvalue weighted by Crippen LogP contribution is -2.67. The largest absolute Gasteiger partial charge is 0.466 e. The highest BCUT2D eigenvalue weighted by Gasteiger charge is 2.86. The third-order valence-electron chi connectivity index (χ3n) is 11.7. The third kappa shape index (κ3) is 2.87. The van der Waals surface area contributed by atoms with Crippen LogP contribution in [0.3, 0.4) is 0 Å². The topological polar surface area (TPSA) is 112 Å². The van der Waals surface area contributed by atoms with Gasteiger partial charge in [-0.3, -0.25) is 9.80 Å². The normalized spacial score (nSPS) is 40.1. The summed E-state index contributed by atoms with van der Waals surface area (Å²) in [6.07, 6.45) is 5.13. The van der Waals surface area contributed by atoms with Crippen LogP contribution in [0.25, 0.3) is 0 Å². The molecule has 10 heteroatoms. The van der Waals surface area contributed by atoms with Gasteiger partial charge in [0.05, 0.1) is 61.8 Å². The fourth-order valence-corrected chi connectivity index (χ4v) is 10.4. The first-order chi connectivity index (χ1) is 19.0. The average molecular weight is 557 g/mol. The number of carbonyl (C=O) groups is 4. The number of ether oxygens (including phenoxy) is 4. The Morgan fingerprint density at radius 2 is 0.875 bits per heavy atom. The van der Waals surface area contributed by atoms with E-state index in [0.717, 1.165) is 51.9 Å². The Kier molecular flexibility index (Phi) is 6.10. The first-order valence-corrected chi connectivity index (χ1v) is 14.4. The Hall–Kier alpha value is -2.72. The van der Waals surface area contributed by atoms with Gasteiger partial charge in [-0.2, -0.15) is 0 Å². The van der Waals surface area contributed by atoms with Crippen molar-refractivity contribution in [1.29, 1.82) is 0 Å². The molecular formula is C30H40N2O8. The predicted molar refractivity (Wildman–Crippen MR) is 142 cm³/mol. The van der Waals surface area contributed by atoms with Gasteiger partial charge in [0, 0.05) is 11.8 Å². The molecule has 6 aliphatic rings. The summed E-state index contributed by atoms with van der Waals surface area (Å²) in [6, 6.07) is 0. The first-order valence-electron chi connectivity index (χ1n) is 14.4. The maximum absolute atomic E-state index is 13.4. The number of hydrogen-bond acceptors (Lipinski definition) is 10. The molecule has 218 valence electrons.